The Morgan fingerprint density at radius 3 is 2.50 bits per heavy atom. The lowest BCUT2D eigenvalue weighted by atomic mass is 9.99. The van der Waals surface area contributed by atoms with Crippen molar-refractivity contribution in [1.82, 2.24) is 15.1 Å². The summed E-state index contributed by atoms with van der Waals surface area (Å²) in [7, 11) is 0. The summed E-state index contributed by atoms with van der Waals surface area (Å²) in [4.78, 5) is 16.6. The van der Waals surface area contributed by atoms with Gasteiger partial charge in [0.05, 0.1) is 6.07 Å². The van der Waals surface area contributed by atoms with Crippen molar-refractivity contribution < 1.29 is 4.79 Å². The highest BCUT2D eigenvalue weighted by molar-refractivity contribution is 5.74. The maximum Gasteiger partial charge on any atom is 0.317 e. The Labute approximate surface area is 157 Å². The predicted molar refractivity (Wildman–Crippen MR) is 102 cm³/mol. The summed E-state index contributed by atoms with van der Waals surface area (Å²) in [5.74, 6) is 0.908. The molecule has 140 valence electrons. The van der Waals surface area contributed by atoms with Crippen molar-refractivity contribution in [1.29, 1.82) is 5.26 Å². The van der Waals surface area contributed by atoms with Gasteiger partial charge in [-0.15, -0.1) is 0 Å². The van der Waals surface area contributed by atoms with E-state index in [0.717, 1.165) is 30.9 Å². The van der Waals surface area contributed by atoms with Gasteiger partial charge < -0.3 is 10.2 Å². The van der Waals surface area contributed by atoms with Gasteiger partial charge in [0.1, 0.15) is 0 Å². The van der Waals surface area contributed by atoms with Crippen molar-refractivity contribution in [3.05, 3.63) is 35.4 Å². The first kappa shape index (κ1) is 18.7. The van der Waals surface area contributed by atoms with Crippen molar-refractivity contribution in [2.24, 2.45) is 11.8 Å². The smallest absolute Gasteiger partial charge is 0.317 e. The third kappa shape index (κ3) is 5.22. The molecule has 0 unspecified atom stereocenters. The Balaban J connectivity index is 1.43. The van der Waals surface area contributed by atoms with E-state index in [0.29, 0.717) is 19.6 Å². The van der Waals surface area contributed by atoms with Crippen LogP contribution in [0.5, 0.6) is 0 Å². The Hall–Kier alpha value is -2.06. The minimum atomic E-state index is -0.0206. The number of urea groups is 1. The summed E-state index contributed by atoms with van der Waals surface area (Å²) < 4.78 is 0. The van der Waals surface area contributed by atoms with E-state index in [9.17, 15) is 4.79 Å². The molecular formula is C21H30N4O. The molecule has 2 aliphatic heterocycles. The van der Waals surface area contributed by atoms with Gasteiger partial charge in [0.25, 0.3) is 0 Å². The first-order valence-electron chi connectivity index (χ1n) is 9.86. The van der Waals surface area contributed by atoms with Crippen LogP contribution in [-0.4, -0.2) is 42.0 Å². The standard InChI is InChI=1S/C21H30N4O/c1-17-3-2-10-24(15-17)16-20-6-4-19(5-7-20)14-23-21(26)25-11-8-18(13-22)9-12-25/h4-7,17-18H,2-3,8-12,14-16H2,1H3,(H,23,26)/t17-/m1/s1. The van der Waals surface area contributed by atoms with Crippen LogP contribution in [0.15, 0.2) is 24.3 Å². The van der Waals surface area contributed by atoms with E-state index in [1.165, 1.54) is 31.5 Å². The maximum atomic E-state index is 12.3. The number of carbonyl (C=O) groups is 1. The van der Waals surface area contributed by atoms with Gasteiger partial charge in [-0.1, -0.05) is 31.2 Å². The number of likely N-dealkylation sites (tertiary alicyclic amines) is 2. The molecule has 0 aromatic heterocycles. The number of rotatable bonds is 4. The van der Waals surface area contributed by atoms with Gasteiger partial charge in [-0.25, -0.2) is 4.79 Å². The highest BCUT2D eigenvalue weighted by Crippen LogP contribution is 2.18. The van der Waals surface area contributed by atoms with Gasteiger partial charge in [-0.2, -0.15) is 5.26 Å². The van der Waals surface area contributed by atoms with Crippen molar-refractivity contribution in [3.63, 3.8) is 0 Å². The molecule has 1 N–H and O–H groups in total. The SMILES string of the molecule is C[C@@H]1CCCN(Cc2ccc(CNC(=O)N3CCC(C#N)CC3)cc2)C1. The number of carbonyl (C=O) groups excluding carboxylic acids is 1. The molecule has 2 saturated heterocycles. The lowest BCUT2D eigenvalue weighted by Gasteiger charge is -2.30. The summed E-state index contributed by atoms with van der Waals surface area (Å²) in [6.07, 6.45) is 4.22. The Morgan fingerprint density at radius 1 is 1.15 bits per heavy atom. The molecule has 26 heavy (non-hydrogen) atoms. The fourth-order valence-electron chi connectivity index (χ4n) is 3.95. The van der Waals surface area contributed by atoms with E-state index in [1.807, 2.05) is 4.90 Å². The number of nitrogens with one attached hydrogen (secondary N) is 1. The largest absolute Gasteiger partial charge is 0.334 e. The zero-order valence-electron chi connectivity index (χ0n) is 15.8. The minimum absolute atomic E-state index is 0.0206. The van der Waals surface area contributed by atoms with Gasteiger partial charge >= 0.3 is 6.03 Å². The van der Waals surface area contributed by atoms with E-state index >= 15 is 0 Å². The molecule has 1 aromatic carbocycles. The van der Waals surface area contributed by atoms with Crippen LogP contribution in [0, 0.1) is 23.2 Å². The maximum absolute atomic E-state index is 12.3. The molecule has 3 rings (SSSR count). The average molecular weight is 354 g/mol. The molecule has 0 bridgehead atoms. The van der Waals surface area contributed by atoms with Gasteiger partial charge in [0.2, 0.25) is 0 Å². The molecule has 5 nitrogen and oxygen atoms in total. The first-order valence-corrected chi connectivity index (χ1v) is 9.86. The number of piperidine rings is 2. The van der Waals surface area contributed by atoms with E-state index in [4.69, 9.17) is 5.26 Å². The molecule has 0 spiro atoms. The number of benzene rings is 1. The summed E-state index contributed by atoms with van der Waals surface area (Å²) >= 11 is 0. The van der Waals surface area contributed by atoms with Gasteiger partial charge in [0.15, 0.2) is 0 Å². The summed E-state index contributed by atoms with van der Waals surface area (Å²) in [6, 6.07) is 10.9. The highest BCUT2D eigenvalue weighted by Gasteiger charge is 2.22. The second-order valence-electron chi connectivity index (χ2n) is 7.85. The molecular weight excluding hydrogens is 324 g/mol. The molecule has 2 aliphatic rings. The number of nitrogens with zero attached hydrogens (tertiary/aromatic N) is 3. The molecule has 0 aliphatic carbocycles. The van der Waals surface area contributed by atoms with Crippen molar-refractivity contribution in [3.8, 4) is 6.07 Å². The van der Waals surface area contributed by atoms with E-state index in [2.05, 4.69) is 47.5 Å². The average Bonchev–Trinajstić information content (AvgIpc) is 2.67. The molecule has 2 fully saturated rings. The number of amides is 2. The summed E-state index contributed by atoms with van der Waals surface area (Å²) in [6.45, 7) is 7.66. The fraction of sp³-hybridized carbons (Fsp3) is 0.619. The third-order valence-corrected chi connectivity index (χ3v) is 5.58. The summed E-state index contributed by atoms with van der Waals surface area (Å²) in [5.41, 5.74) is 2.47. The zero-order valence-corrected chi connectivity index (χ0v) is 15.8. The van der Waals surface area contributed by atoms with Crippen LogP contribution < -0.4 is 5.32 Å². The van der Waals surface area contributed by atoms with Crippen LogP contribution in [0.3, 0.4) is 0 Å². The number of hydrogen-bond acceptors (Lipinski definition) is 3. The van der Waals surface area contributed by atoms with Crippen LogP contribution >= 0.6 is 0 Å². The predicted octanol–water partition coefficient (Wildman–Crippen LogP) is 3.36. The molecule has 0 radical (unpaired) electrons. The Bertz CT molecular complexity index is 628. The quantitative estimate of drug-likeness (QED) is 0.902. The lowest BCUT2D eigenvalue weighted by Crippen LogP contribution is -2.44. The number of nitriles is 1. The first-order chi connectivity index (χ1) is 12.6. The van der Waals surface area contributed by atoms with Crippen molar-refractivity contribution in [2.45, 2.75) is 45.7 Å². The van der Waals surface area contributed by atoms with Crippen LogP contribution in [0.25, 0.3) is 0 Å². The number of hydrogen-bond donors (Lipinski definition) is 1. The third-order valence-electron chi connectivity index (χ3n) is 5.58. The topological polar surface area (TPSA) is 59.4 Å². The van der Waals surface area contributed by atoms with E-state index < -0.39 is 0 Å². The fourth-order valence-corrected chi connectivity index (χ4v) is 3.95. The van der Waals surface area contributed by atoms with Crippen LogP contribution in [0.1, 0.15) is 43.7 Å². The van der Waals surface area contributed by atoms with Crippen LogP contribution in [0.4, 0.5) is 4.79 Å². The molecule has 2 amide bonds. The van der Waals surface area contributed by atoms with E-state index in [1.54, 1.807) is 0 Å². The zero-order chi connectivity index (χ0) is 18.4. The van der Waals surface area contributed by atoms with Crippen LogP contribution in [0.2, 0.25) is 0 Å². The van der Waals surface area contributed by atoms with Crippen molar-refractivity contribution >= 4 is 6.03 Å². The summed E-state index contributed by atoms with van der Waals surface area (Å²) in [5, 5.41) is 11.9. The van der Waals surface area contributed by atoms with Gasteiger partial charge in [-0.05, 0) is 49.3 Å². The van der Waals surface area contributed by atoms with Crippen molar-refractivity contribution in [2.75, 3.05) is 26.2 Å². The molecule has 2 heterocycles. The lowest BCUT2D eigenvalue weighted by molar-refractivity contribution is 0.176. The molecule has 1 atom stereocenters. The Kier molecular flexibility index (Phi) is 6.51. The normalized spacial score (nSPS) is 22.0. The molecule has 1 aromatic rings. The molecule has 5 heteroatoms. The van der Waals surface area contributed by atoms with E-state index in [-0.39, 0.29) is 11.9 Å². The molecule has 0 saturated carbocycles. The monoisotopic (exact) mass is 354 g/mol. The Morgan fingerprint density at radius 2 is 1.85 bits per heavy atom. The van der Waals surface area contributed by atoms with Gasteiger partial charge in [-0.3, -0.25) is 4.90 Å². The minimum Gasteiger partial charge on any atom is -0.334 e. The van der Waals surface area contributed by atoms with Crippen LogP contribution in [-0.2, 0) is 13.1 Å². The second kappa shape index (κ2) is 9.05. The second-order valence-corrected chi connectivity index (χ2v) is 7.85. The highest BCUT2D eigenvalue weighted by atomic mass is 16.2. The van der Waals surface area contributed by atoms with Gasteiger partial charge in [0, 0.05) is 38.6 Å².